The Morgan fingerprint density at radius 2 is 1.67 bits per heavy atom. The minimum Gasteiger partial charge on any atom is -0.367 e. The van der Waals surface area contributed by atoms with Crippen LogP contribution in [0.4, 0.5) is 0 Å². The zero-order valence-electron chi connectivity index (χ0n) is 13.0. The molecule has 1 saturated heterocycles. The van der Waals surface area contributed by atoms with E-state index < -0.39 is 5.41 Å². The zero-order valence-corrected chi connectivity index (χ0v) is 13.0. The molecule has 1 heterocycles. The minimum atomic E-state index is -0.503. The molecule has 4 heteroatoms. The van der Waals surface area contributed by atoms with Crippen LogP contribution in [0.2, 0.25) is 0 Å². The number of carbonyl (C=O) groups excluding carboxylic acids is 2. The van der Waals surface area contributed by atoms with E-state index in [0.717, 1.165) is 18.4 Å². The molecule has 0 unspecified atom stereocenters. The van der Waals surface area contributed by atoms with Crippen molar-refractivity contribution in [3.8, 4) is 0 Å². The fourth-order valence-electron chi connectivity index (χ4n) is 2.30. The first-order valence-electron chi connectivity index (χ1n) is 7.44. The summed E-state index contributed by atoms with van der Waals surface area (Å²) in [7, 11) is 0. The summed E-state index contributed by atoms with van der Waals surface area (Å²) < 4.78 is 0. The Labute approximate surface area is 126 Å². The Kier molecular flexibility index (Phi) is 4.78. The summed E-state index contributed by atoms with van der Waals surface area (Å²) >= 11 is 0. The van der Waals surface area contributed by atoms with Gasteiger partial charge in [-0.2, -0.15) is 0 Å². The first-order valence-corrected chi connectivity index (χ1v) is 7.44. The summed E-state index contributed by atoms with van der Waals surface area (Å²) in [6.45, 7) is 6.74. The monoisotopic (exact) mass is 289 g/mol. The summed E-state index contributed by atoms with van der Waals surface area (Å²) in [6, 6.07) is 9.38. The number of Topliss-reactive ketones (excluding diaryl/α,β-unsaturated/α-hetero) is 1. The summed E-state index contributed by atoms with van der Waals surface area (Å²) in [6.07, 6.45) is 1.45. The van der Waals surface area contributed by atoms with Crippen LogP contribution >= 0.6 is 0 Å². The lowest BCUT2D eigenvalue weighted by Crippen LogP contribution is -2.40. The quantitative estimate of drug-likeness (QED) is 0.802. The number of hydrogen-bond acceptors (Lipinski definition) is 4. The third kappa shape index (κ3) is 4.14. The third-order valence-corrected chi connectivity index (χ3v) is 3.71. The maximum Gasteiger partial charge on any atom is 0.330 e. The van der Waals surface area contributed by atoms with Crippen LogP contribution in [0.15, 0.2) is 30.3 Å². The number of ketones is 1. The number of piperidine rings is 1. The highest BCUT2D eigenvalue weighted by molar-refractivity contribution is 5.97. The summed E-state index contributed by atoms with van der Waals surface area (Å²) in [4.78, 5) is 29.6. The van der Waals surface area contributed by atoms with E-state index in [4.69, 9.17) is 4.84 Å². The molecule has 0 aromatic heterocycles. The minimum absolute atomic E-state index is 0.0250. The number of nitrogens with zero attached hydrogens (tertiary/aromatic N) is 1. The average Bonchev–Trinajstić information content (AvgIpc) is 2.47. The van der Waals surface area contributed by atoms with Crippen LogP contribution in [-0.4, -0.2) is 29.9 Å². The van der Waals surface area contributed by atoms with E-state index in [1.54, 1.807) is 5.06 Å². The highest BCUT2D eigenvalue weighted by atomic mass is 16.7. The molecular formula is C17H23NO3. The largest absolute Gasteiger partial charge is 0.367 e. The number of hydrogen-bond donors (Lipinski definition) is 0. The molecule has 1 aliphatic heterocycles. The molecule has 0 aliphatic carbocycles. The molecule has 1 aromatic rings. The van der Waals surface area contributed by atoms with E-state index in [1.165, 1.54) is 0 Å². The second-order valence-electron chi connectivity index (χ2n) is 6.56. The molecule has 2 rings (SSSR count). The zero-order chi connectivity index (χ0) is 15.5. The van der Waals surface area contributed by atoms with Crippen LogP contribution < -0.4 is 0 Å². The predicted octanol–water partition coefficient (Wildman–Crippen LogP) is 3.09. The van der Waals surface area contributed by atoms with Crippen molar-refractivity contribution in [2.24, 2.45) is 11.3 Å². The van der Waals surface area contributed by atoms with Gasteiger partial charge < -0.3 is 4.84 Å². The van der Waals surface area contributed by atoms with Gasteiger partial charge in [-0.1, -0.05) is 30.3 Å². The second kappa shape index (κ2) is 6.39. The highest BCUT2D eigenvalue weighted by Crippen LogP contribution is 2.23. The van der Waals surface area contributed by atoms with Crippen molar-refractivity contribution in [3.63, 3.8) is 0 Å². The highest BCUT2D eigenvalue weighted by Gasteiger charge is 2.30. The van der Waals surface area contributed by atoms with Gasteiger partial charge >= 0.3 is 5.97 Å². The molecule has 0 atom stereocenters. The van der Waals surface area contributed by atoms with Crippen molar-refractivity contribution in [1.29, 1.82) is 0 Å². The van der Waals surface area contributed by atoms with Crippen molar-refractivity contribution in [2.75, 3.05) is 13.1 Å². The molecule has 1 aromatic carbocycles. The fourth-order valence-corrected chi connectivity index (χ4v) is 2.30. The SMILES string of the molecule is CC(C)(C)C(=O)ON1CCC(C(=O)c2ccccc2)CC1. The molecule has 0 spiro atoms. The van der Waals surface area contributed by atoms with E-state index in [1.807, 2.05) is 51.1 Å². The number of hydroxylamine groups is 2. The van der Waals surface area contributed by atoms with E-state index in [-0.39, 0.29) is 17.7 Å². The Morgan fingerprint density at radius 3 is 2.19 bits per heavy atom. The smallest absolute Gasteiger partial charge is 0.330 e. The van der Waals surface area contributed by atoms with Crippen LogP contribution in [0.25, 0.3) is 0 Å². The number of rotatable bonds is 3. The molecule has 21 heavy (non-hydrogen) atoms. The van der Waals surface area contributed by atoms with Gasteiger partial charge in [-0.15, -0.1) is 5.06 Å². The molecule has 1 fully saturated rings. The molecule has 114 valence electrons. The first-order chi connectivity index (χ1) is 9.88. The number of carbonyl (C=O) groups is 2. The summed E-state index contributed by atoms with van der Waals surface area (Å²) in [5.41, 5.74) is 0.263. The van der Waals surface area contributed by atoms with Gasteiger partial charge in [0.05, 0.1) is 5.41 Å². The van der Waals surface area contributed by atoms with Crippen LogP contribution in [0, 0.1) is 11.3 Å². The van der Waals surface area contributed by atoms with Crippen molar-refractivity contribution < 1.29 is 14.4 Å². The third-order valence-electron chi connectivity index (χ3n) is 3.71. The summed E-state index contributed by atoms with van der Waals surface area (Å²) in [5, 5.41) is 1.68. The van der Waals surface area contributed by atoms with Crippen LogP contribution in [-0.2, 0) is 9.63 Å². The van der Waals surface area contributed by atoms with Gasteiger partial charge in [-0.25, -0.2) is 4.79 Å². The molecule has 4 nitrogen and oxygen atoms in total. The average molecular weight is 289 g/mol. The van der Waals surface area contributed by atoms with Gasteiger partial charge in [0.2, 0.25) is 0 Å². The van der Waals surface area contributed by atoms with Crippen molar-refractivity contribution in [1.82, 2.24) is 5.06 Å². The van der Waals surface area contributed by atoms with Crippen LogP contribution in [0.3, 0.4) is 0 Å². The second-order valence-corrected chi connectivity index (χ2v) is 6.56. The van der Waals surface area contributed by atoms with Gasteiger partial charge in [-0.3, -0.25) is 4.79 Å². The Bertz CT molecular complexity index is 497. The first kappa shape index (κ1) is 15.7. The van der Waals surface area contributed by atoms with Crippen molar-refractivity contribution in [2.45, 2.75) is 33.6 Å². The van der Waals surface area contributed by atoms with Gasteiger partial charge in [-0.05, 0) is 33.6 Å². The predicted molar refractivity (Wildman–Crippen MR) is 80.6 cm³/mol. The van der Waals surface area contributed by atoms with E-state index >= 15 is 0 Å². The number of benzene rings is 1. The maximum absolute atomic E-state index is 12.4. The lowest BCUT2D eigenvalue weighted by Gasteiger charge is -2.31. The molecule has 0 N–H and O–H groups in total. The van der Waals surface area contributed by atoms with Crippen molar-refractivity contribution >= 4 is 11.8 Å². The molecule has 0 amide bonds. The normalized spacial score (nSPS) is 17.5. The van der Waals surface area contributed by atoms with Gasteiger partial charge in [0.15, 0.2) is 5.78 Å². The topological polar surface area (TPSA) is 46.6 Å². The molecular weight excluding hydrogens is 266 g/mol. The lowest BCUT2D eigenvalue weighted by atomic mass is 9.89. The van der Waals surface area contributed by atoms with Gasteiger partial charge in [0.25, 0.3) is 0 Å². The standard InChI is InChI=1S/C17H23NO3/c1-17(2,3)16(20)21-18-11-9-14(10-12-18)15(19)13-7-5-4-6-8-13/h4-8,14H,9-12H2,1-3H3. The molecule has 0 saturated carbocycles. The summed E-state index contributed by atoms with van der Waals surface area (Å²) in [5.74, 6) is -0.00952. The maximum atomic E-state index is 12.4. The Balaban J connectivity index is 1.86. The Hall–Kier alpha value is -1.68. The molecule has 0 radical (unpaired) electrons. The van der Waals surface area contributed by atoms with E-state index in [0.29, 0.717) is 13.1 Å². The van der Waals surface area contributed by atoms with Gasteiger partial charge in [0.1, 0.15) is 0 Å². The van der Waals surface area contributed by atoms with Gasteiger partial charge in [0, 0.05) is 24.6 Å². The Morgan fingerprint density at radius 1 is 1.10 bits per heavy atom. The van der Waals surface area contributed by atoms with Crippen LogP contribution in [0.5, 0.6) is 0 Å². The van der Waals surface area contributed by atoms with E-state index in [2.05, 4.69) is 0 Å². The van der Waals surface area contributed by atoms with E-state index in [9.17, 15) is 9.59 Å². The molecule has 1 aliphatic rings. The van der Waals surface area contributed by atoms with Crippen molar-refractivity contribution in [3.05, 3.63) is 35.9 Å². The van der Waals surface area contributed by atoms with Crippen LogP contribution in [0.1, 0.15) is 44.0 Å². The molecule has 0 bridgehead atoms. The fraction of sp³-hybridized carbons (Fsp3) is 0.529. The lowest BCUT2D eigenvalue weighted by molar-refractivity contribution is -0.205.